The highest BCUT2D eigenvalue weighted by atomic mass is 79.9. The summed E-state index contributed by atoms with van der Waals surface area (Å²) < 4.78 is 1.11. The van der Waals surface area contributed by atoms with Gasteiger partial charge in [0.1, 0.15) is 0 Å². The molecule has 0 aliphatic rings. The van der Waals surface area contributed by atoms with Gasteiger partial charge in [-0.05, 0) is 41.5 Å². The van der Waals surface area contributed by atoms with Crippen LogP contribution in [-0.4, -0.2) is 4.98 Å². The predicted octanol–water partition coefficient (Wildman–Crippen LogP) is 5.75. The summed E-state index contributed by atoms with van der Waals surface area (Å²) in [5.41, 5.74) is 4.85. The summed E-state index contributed by atoms with van der Waals surface area (Å²) in [6, 6.07) is 23.4. The van der Waals surface area contributed by atoms with E-state index >= 15 is 0 Å². The van der Waals surface area contributed by atoms with E-state index in [0.717, 1.165) is 4.47 Å². The van der Waals surface area contributed by atoms with E-state index in [-0.39, 0.29) is 0 Å². The first-order chi connectivity index (χ1) is 9.81. The fourth-order valence-electron chi connectivity index (χ4n) is 2.68. The van der Waals surface area contributed by atoms with Gasteiger partial charge >= 0.3 is 0 Å². The number of halogens is 1. The molecule has 0 unspecified atom stereocenters. The second kappa shape index (κ2) is 4.50. The van der Waals surface area contributed by atoms with Crippen molar-refractivity contribution < 1.29 is 0 Å². The van der Waals surface area contributed by atoms with Crippen molar-refractivity contribution in [3.8, 4) is 11.1 Å². The normalized spacial score (nSPS) is 11.2. The number of benzene rings is 3. The predicted molar refractivity (Wildman–Crippen MR) is 88.9 cm³/mol. The summed E-state index contributed by atoms with van der Waals surface area (Å²) >= 11 is 3.55. The van der Waals surface area contributed by atoms with Crippen LogP contribution in [0.3, 0.4) is 0 Å². The van der Waals surface area contributed by atoms with E-state index in [4.69, 9.17) is 0 Å². The van der Waals surface area contributed by atoms with Crippen LogP contribution in [0.25, 0.3) is 32.9 Å². The molecular formula is C18H12BrN. The molecule has 3 aromatic carbocycles. The van der Waals surface area contributed by atoms with Crippen molar-refractivity contribution in [1.82, 2.24) is 4.98 Å². The minimum atomic E-state index is 1.11. The molecule has 1 aromatic heterocycles. The number of hydrogen-bond donors (Lipinski definition) is 1. The number of fused-ring (bicyclic) bond motifs is 3. The quantitative estimate of drug-likeness (QED) is 0.459. The minimum absolute atomic E-state index is 1.11. The molecule has 96 valence electrons. The third-order valence-electron chi connectivity index (χ3n) is 3.67. The minimum Gasteiger partial charge on any atom is -0.355 e. The monoisotopic (exact) mass is 321 g/mol. The molecule has 0 saturated heterocycles. The maximum Gasteiger partial charge on any atom is 0.0465 e. The SMILES string of the molecule is Brc1ccc2[nH]c3ccc(-c4ccccc4)cc3c2c1. The molecule has 4 aromatic rings. The maximum atomic E-state index is 3.55. The van der Waals surface area contributed by atoms with Gasteiger partial charge in [-0.1, -0.05) is 52.3 Å². The van der Waals surface area contributed by atoms with E-state index in [9.17, 15) is 0 Å². The molecule has 0 saturated carbocycles. The van der Waals surface area contributed by atoms with Crippen molar-refractivity contribution >= 4 is 37.7 Å². The van der Waals surface area contributed by atoms with E-state index in [1.165, 1.54) is 32.9 Å². The van der Waals surface area contributed by atoms with Crippen LogP contribution >= 0.6 is 15.9 Å². The highest BCUT2D eigenvalue weighted by Crippen LogP contribution is 2.31. The van der Waals surface area contributed by atoms with E-state index in [1.807, 2.05) is 6.07 Å². The van der Waals surface area contributed by atoms with Crippen LogP contribution in [0.5, 0.6) is 0 Å². The summed E-state index contributed by atoms with van der Waals surface area (Å²) in [4.78, 5) is 3.46. The van der Waals surface area contributed by atoms with Gasteiger partial charge in [-0.15, -0.1) is 0 Å². The van der Waals surface area contributed by atoms with E-state index in [0.29, 0.717) is 0 Å². The second-order valence-corrected chi connectivity index (χ2v) is 5.86. The lowest BCUT2D eigenvalue weighted by Gasteiger charge is -2.01. The van der Waals surface area contributed by atoms with Crippen molar-refractivity contribution in [1.29, 1.82) is 0 Å². The number of hydrogen-bond acceptors (Lipinski definition) is 0. The summed E-state index contributed by atoms with van der Waals surface area (Å²) in [7, 11) is 0. The molecule has 1 N–H and O–H groups in total. The Hall–Kier alpha value is -2.06. The summed E-state index contributed by atoms with van der Waals surface area (Å²) in [6.45, 7) is 0. The van der Waals surface area contributed by atoms with Gasteiger partial charge < -0.3 is 4.98 Å². The van der Waals surface area contributed by atoms with Gasteiger partial charge in [-0.25, -0.2) is 0 Å². The van der Waals surface area contributed by atoms with Crippen molar-refractivity contribution in [3.05, 3.63) is 71.2 Å². The van der Waals surface area contributed by atoms with Crippen LogP contribution in [0.4, 0.5) is 0 Å². The zero-order valence-electron chi connectivity index (χ0n) is 10.7. The zero-order chi connectivity index (χ0) is 13.5. The molecule has 0 fully saturated rings. The average molecular weight is 322 g/mol. The lowest BCUT2D eigenvalue weighted by atomic mass is 10.0. The van der Waals surface area contributed by atoms with Crippen LogP contribution in [0.2, 0.25) is 0 Å². The Morgan fingerprint density at radius 3 is 2.15 bits per heavy atom. The Bertz CT molecular complexity index is 907. The third kappa shape index (κ3) is 1.84. The van der Waals surface area contributed by atoms with E-state index < -0.39 is 0 Å². The number of aromatic nitrogens is 1. The Labute approximate surface area is 125 Å². The number of H-pyrrole nitrogens is 1. The molecule has 0 atom stereocenters. The summed E-state index contributed by atoms with van der Waals surface area (Å²) in [5.74, 6) is 0. The fraction of sp³-hybridized carbons (Fsp3) is 0. The molecule has 1 heterocycles. The van der Waals surface area contributed by atoms with Gasteiger partial charge in [0.05, 0.1) is 0 Å². The number of rotatable bonds is 1. The molecule has 20 heavy (non-hydrogen) atoms. The highest BCUT2D eigenvalue weighted by molar-refractivity contribution is 9.10. The molecule has 0 radical (unpaired) electrons. The highest BCUT2D eigenvalue weighted by Gasteiger charge is 2.06. The molecule has 0 aliphatic carbocycles. The summed E-state index contributed by atoms with van der Waals surface area (Å²) in [6.07, 6.45) is 0. The molecule has 1 nitrogen and oxygen atoms in total. The Kier molecular flexibility index (Phi) is 2.64. The Morgan fingerprint density at radius 2 is 1.35 bits per heavy atom. The lowest BCUT2D eigenvalue weighted by molar-refractivity contribution is 1.54. The molecule has 2 heteroatoms. The van der Waals surface area contributed by atoms with Crippen LogP contribution in [0.15, 0.2) is 71.2 Å². The second-order valence-electron chi connectivity index (χ2n) is 4.94. The van der Waals surface area contributed by atoms with E-state index in [2.05, 4.69) is 81.6 Å². The van der Waals surface area contributed by atoms with Crippen molar-refractivity contribution in [2.24, 2.45) is 0 Å². The van der Waals surface area contributed by atoms with E-state index in [1.54, 1.807) is 0 Å². The van der Waals surface area contributed by atoms with Crippen LogP contribution < -0.4 is 0 Å². The van der Waals surface area contributed by atoms with Crippen molar-refractivity contribution in [2.75, 3.05) is 0 Å². The molecule has 0 aliphatic heterocycles. The lowest BCUT2D eigenvalue weighted by Crippen LogP contribution is -1.76. The molecule has 0 spiro atoms. The topological polar surface area (TPSA) is 15.8 Å². The molecular weight excluding hydrogens is 310 g/mol. The third-order valence-corrected chi connectivity index (χ3v) is 4.16. The van der Waals surface area contributed by atoms with Crippen LogP contribution in [-0.2, 0) is 0 Å². The van der Waals surface area contributed by atoms with Gasteiger partial charge in [0.15, 0.2) is 0 Å². The number of aromatic amines is 1. The van der Waals surface area contributed by atoms with Gasteiger partial charge in [0, 0.05) is 26.3 Å². The fourth-order valence-corrected chi connectivity index (χ4v) is 3.04. The summed E-state index contributed by atoms with van der Waals surface area (Å²) in [5, 5.41) is 2.52. The largest absolute Gasteiger partial charge is 0.355 e. The van der Waals surface area contributed by atoms with Crippen LogP contribution in [0.1, 0.15) is 0 Å². The van der Waals surface area contributed by atoms with Gasteiger partial charge in [-0.2, -0.15) is 0 Å². The zero-order valence-corrected chi connectivity index (χ0v) is 12.3. The molecule has 0 amide bonds. The first-order valence-electron chi connectivity index (χ1n) is 6.58. The van der Waals surface area contributed by atoms with Crippen LogP contribution in [0, 0.1) is 0 Å². The smallest absolute Gasteiger partial charge is 0.0465 e. The standard InChI is InChI=1S/C18H12BrN/c19-14-7-9-18-16(11-14)15-10-13(6-8-17(15)20-18)12-4-2-1-3-5-12/h1-11,20H. The Balaban J connectivity index is 2.03. The molecule has 4 rings (SSSR count). The average Bonchev–Trinajstić information content (AvgIpc) is 2.85. The van der Waals surface area contributed by atoms with Gasteiger partial charge in [-0.3, -0.25) is 0 Å². The van der Waals surface area contributed by atoms with Crippen molar-refractivity contribution in [3.63, 3.8) is 0 Å². The molecule has 0 bridgehead atoms. The number of nitrogens with one attached hydrogen (secondary N) is 1. The van der Waals surface area contributed by atoms with Gasteiger partial charge in [0.2, 0.25) is 0 Å². The first kappa shape index (κ1) is 11.7. The first-order valence-corrected chi connectivity index (χ1v) is 7.37. The van der Waals surface area contributed by atoms with Gasteiger partial charge in [0.25, 0.3) is 0 Å². The maximum absolute atomic E-state index is 3.55. The van der Waals surface area contributed by atoms with Crippen molar-refractivity contribution in [2.45, 2.75) is 0 Å². The Morgan fingerprint density at radius 1 is 0.650 bits per heavy atom.